The van der Waals surface area contributed by atoms with Crippen molar-refractivity contribution in [3.8, 4) is 5.75 Å². The van der Waals surface area contributed by atoms with E-state index in [2.05, 4.69) is 15.3 Å². The van der Waals surface area contributed by atoms with Gasteiger partial charge in [0.15, 0.2) is 5.13 Å². The Morgan fingerprint density at radius 3 is 2.86 bits per heavy atom. The summed E-state index contributed by atoms with van der Waals surface area (Å²) in [5.41, 5.74) is 1.10. The second kappa shape index (κ2) is 7.90. The molecule has 8 nitrogen and oxygen atoms in total. The Bertz CT molecular complexity index is 1150. The number of aromatic nitrogens is 2. The largest absolute Gasteiger partial charge is 0.497 e. The van der Waals surface area contributed by atoms with Crippen molar-refractivity contribution < 1.29 is 17.9 Å². The molecule has 1 aromatic carbocycles. The molecule has 0 aliphatic carbocycles. The van der Waals surface area contributed by atoms with Crippen LogP contribution in [0.3, 0.4) is 0 Å². The molecule has 1 aliphatic heterocycles. The van der Waals surface area contributed by atoms with E-state index in [1.165, 1.54) is 28.8 Å². The van der Waals surface area contributed by atoms with E-state index in [1.807, 2.05) is 0 Å². The van der Waals surface area contributed by atoms with Crippen LogP contribution in [0, 0.1) is 0 Å². The van der Waals surface area contributed by atoms with Crippen molar-refractivity contribution in [2.24, 2.45) is 0 Å². The molecule has 1 aliphatic rings. The zero-order valence-electron chi connectivity index (χ0n) is 15.5. The van der Waals surface area contributed by atoms with E-state index in [0.717, 1.165) is 10.6 Å². The van der Waals surface area contributed by atoms with Gasteiger partial charge in [-0.05, 0) is 24.3 Å². The molecule has 10 heteroatoms. The van der Waals surface area contributed by atoms with E-state index in [9.17, 15) is 13.2 Å². The van der Waals surface area contributed by atoms with Crippen molar-refractivity contribution in [2.45, 2.75) is 17.9 Å². The molecular formula is C19H18N4O4S2. The summed E-state index contributed by atoms with van der Waals surface area (Å²) in [6, 6.07) is 11.5. The van der Waals surface area contributed by atoms with Crippen LogP contribution < -0.4 is 10.1 Å². The minimum absolute atomic E-state index is 0.188. The lowest BCUT2D eigenvalue weighted by atomic mass is 10.2. The Kier molecular flexibility index (Phi) is 5.31. The van der Waals surface area contributed by atoms with Gasteiger partial charge in [-0.2, -0.15) is 4.31 Å². The van der Waals surface area contributed by atoms with Crippen LogP contribution in [-0.4, -0.2) is 42.3 Å². The van der Waals surface area contributed by atoms with Crippen LogP contribution in [0.2, 0.25) is 0 Å². The van der Waals surface area contributed by atoms with Gasteiger partial charge in [0.05, 0.1) is 24.2 Å². The smallest absolute Gasteiger partial charge is 0.276 e. The SMILES string of the molecule is COc1cccc(S(=O)(=O)N2CCc3nc(NC(=O)c4ccccn4)sc3C2)c1. The number of amides is 1. The number of benzene rings is 1. The molecule has 4 rings (SSSR count). The Hall–Kier alpha value is -2.82. The lowest BCUT2D eigenvalue weighted by molar-refractivity contribution is 0.102. The van der Waals surface area contributed by atoms with Gasteiger partial charge in [-0.15, -0.1) is 11.3 Å². The maximum Gasteiger partial charge on any atom is 0.276 e. The number of anilines is 1. The number of hydrogen-bond acceptors (Lipinski definition) is 7. The molecule has 2 aromatic heterocycles. The zero-order valence-corrected chi connectivity index (χ0v) is 17.2. The van der Waals surface area contributed by atoms with Gasteiger partial charge in [-0.3, -0.25) is 15.1 Å². The maximum absolute atomic E-state index is 13.0. The average molecular weight is 431 g/mol. The minimum atomic E-state index is -3.66. The molecule has 0 bridgehead atoms. The third kappa shape index (κ3) is 4.00. The fourth-order valence-corrected chi connectivity index (χ4v) is 5.54. The molecule has 150 valence electrons. The topological polar surface area (TPSA) is 101 Å². The molecule has 0 atom stereocenters. The third-order valence-corrected chi connectivity index (χ3v) is 7.33. The summed E-state index contributed by atoms with van der Waals surface area (Å²) >= 11 is 1.28. The van der Waals surface area contributed by atoms with Crippen LogP contribution in [0.25, 0.3) is 0 Å². The van der Waals surface area contributed by atoms with Crippen molar-refractivity contribution >= 4 is 32.4 Å². The second-order valence-electron chi connectivity index (χ2n) is 6.33. The highest BCUT2D eigenvalue weighted by Crippen LogP contribution is 2.31. The Balaban J connectivity index is 1.52. The number of nitrogens with zero attached hydrogens (tertiary/aromatic N) is 3. The lowest BCUT2D eigenvalue weighted by Gasteiger charge is -2.25. The second-order valence-corrected chi connectivity index (χ2v) is 9.35. The van der Waals surface area contributed by atoms with Crippen LogP contribution in [-0.2, 0) is 23.0 Å². The Labute approximate surface area is 172 Å². The molecule has 0 spiro atoms. The minimum Gasteiger partial charge on any atom is -0.497 e. The first-order valence-corrected chi connectivity index (χ1v) is 11.1. The average Bonchev–Trinajstić information content (AvgIpc) is 3.15. The van der Waals surface area contributed by atoms with E-state index >= 15 is 0 Å². The Morgan fingerprint density at radius 2 is 2.10 bits per heavy atom. The number of thiazole rings is 1. The van der Waals surface area contributed by atoms with E-state index in [4.69, 9.17) is 4.74 Å². The monoisotopic (exact) mass is 430 g/mol. The number of nitrogens with one attached hydrogen (secondary N) is 1. The fraction of sp³-hybridized carbons (Fsp3) is 0.211. The first-order chi connectivity index (χ1) is 14.0. The van der Waals surface area contributed by atoms with Crippen molar-refractivity contribution in [3.63, 3.8) is 0 Å². The maximum atomic E-state index is 13.0. The number of methoxy groups -OCH3 is 1. The van der Waals surface area contributed by atoms with Crippen molar-refractivity contribution in [1.29, 1.82) is 0 Å². The summed E-state index contributed by atoms with van der Waals surface area (Å²) in [6.07, 6.45) is 2.03. The Morgan fingerprint density at radius 1 is 1.24 bits per heavy atom. The van der Waals surface area contributed by atoms with Gasteiger partial charge in [-0.1, -0.05) is 12.1 Å². The number of carbonyl (C=O) groups excluding carboxylic acids is 1. The summed E-state index contributed by atoms with van der Waals surface area (Å²) in [5, 5.41) is 3.17. The van der Waals surface area contributed by atoms with E-state index in [0.29, 0.717) is 29.5 Å². The van der Waals surface area contributed by atoms with Crippen LogP contribution >= 0.6 is 11.3 Å². The van der Waals surface area contributed by atoms with Gasteiger partial charge < -0.3 is 4.74 Å². The molecule has 3 aromatic rings. The molecule has 0 radical (unpaired) electrons. The van der Waals surface area contributed by atoms with Crippen molar-refractivity contribution in [2.75, 3.05) is 19.0 Å². The molecular weight excluding hydrogens is 412 g/mol. The lowest BCUT2D eigenvalue weighted by Crippen LogP contribution is -2.35. The normalized spacial score (nSPS) is 14.2. The number of carbonyl (C=O) groups is 1. The summed E-state index contributed by atoms with van der Waals surface area (Å²) in [7, 11) is -2.16. The van der Waals surface area contributed by atoms with Crippen LogP contribution in [0.15, 0.2) is 53.6 Å². The molecule has 0 saturated carbocycles. The first-order valence-electron chi connectivity index (χ1n) is 8.82. The molecule has 1 amide bonds. The van der Waals surface area contributed by atoms with Crippen molar-refractivity contribution in [3.05, 3.63) is 64.9 Å². The molecule has 0 saturated heterocycles. The van der Waals surface area contributed by atoms with E-state index in [1.54, 1.807) is 42.6 Å². The molecule has 0 unspecified atom stereocenters. The number of fused-ring (bicyclic) bond motifs is 1. The van der Waals surface area contributed by atoms with Gasteiger partial charge >= 0.3 is 0 Å². The van der Waals surface area contributed by atoms with E-state index in [-0.39, 0.29) is 17.3 Å². The predicted molar refractivity (Wildman–Crippen MR) is 109 cm³/mol. The van der Waals surface area contributed by atoms with Crippen LogP contribution in [0.5, 0.6) is 5.75 Å². The number of pyridine rings is 1. The van der Waals surface area contributed by atoms with Gasteiger partial charge in [0.1, 0.15) is 11.4 Å². The summed E-state index contributed by atoms with van der Waals surface area (Å²) < 4.78 is 32.6. The molecule has 3 heterocycles. The summed E-state index contributed by atoms with van der Waals surface area (Å²) in [5.74, 6) is 0.138. The van der Waals surface area contributed by atoms with Gasteiger partial charge in [-0.25, -0.2) is 13.4 Å². The first kappa shape index (κ1) is 19.5. The number of ether oxygens (including phenoxy) is 1. The van der Waals surface area contributed by atoms with E-state index < -0.39 is 10.0 Å². The number of hydrogen-bond donors (Lipinski definition) is 1. The fourth-order valence-electron chi connectivity index (χ4n) is 3.00. The van der Waals surface area contributed by atoms with Crippen LogP contribution in [0.1, 0.15) is 21.1 Å². The number of rotatable bonds is 5. The molecule has 1 N–H and O–H groups in total. The quantitative estimate of drug-likeness (QED) is 0.668. The number of sulfonamides is 1. The summed E-state index contributed by atoms with van der Waals surface area (Å²) in [4.78, 5) is 21.7. The van der Waals surface area contributed by atoms with Crippen molar-refractivity contribution in [1.82, 2.24) is 14.3 Å². The zero-order chi connectivity index (χ0) is 20.4. The predicted octanol–water partition coefficient (Wildman–Crippen LogP) is 2.55. The van der Waals surface area contributed by atoms with Gasteiger partial charge in [0.2, 0.25) is 10.0 Å². The molecule has 29 heavy (non-hydrogen) atoms. The third-order valence-electron chi connectivity index (χ3n) is 4.49. The molecule has 0 fully saturated rings. The van der Waals surface area contributed by atoms with Crippen LogP contribution in [0.4, 0.5) is 5.13 Å². The highest BCUT2D eigenvalue weighted by molar-refractivity contribution is 7.89. The highest BCUT2D eigenvalue weighted by atomic mass is 32.2. The van der Waals surface area contributed by atoms with Gasteiger partial charge in [0.25, 0.3) is 5.91 Å². The standard InChI is InChI=1S/C19H18N4O4S2/c1-27-13-5-4-6-14(11-13)29(25,26)23-10-8-15-17(12-23)28-19(21-15)22-18(24)16-7-2-3-9-20-16/h2-7,9,11H,8,10,12H2,1H3,(H,21,22,24). The van der Waals surface area contributed by atoms with Gasteiger partial charge in [0, 0.05) is 30.1 Å². The summed E-state index contributed by atoms with van der Waals surface area (Å²) in [6.45, 7) is 0.538. The highest BCUT2D eigenvalue weighted by Gasteiger charge is 2.31.